The van der Waals surface area contributed by atoms with E-state index in [4.69, 9.17) is 0 Å². The molecular weight excluding hydrogens is 198 g/mol. The third-order valence-corrected chi connectivity index (χ3v) is 2.51. The summed E-state index contributed by atoms with van der Waals surface area (Å²) in [6.07, 6.45) is 4.24. The lowest BCUT2D eigenvalue weighted by Crippen LogP contribution is -2.26. The fourth-order valence-electron chi connectivity index (χ4n) is 1.57. The normalized spacial score (nSPS) is 10.1. The smallest absolute Gasteiger partial charge is 0.169 e. The highest BCUT2D eigenvalue weighted by molar-refractivity contribution is 5.97. The third-order valence-electron chi connectivity index (χ3n) is 2.51. The summed E-state index contributed by atoms with van der Waals surface area (Å²) in [4.78, 5) is 11.9. The molecule has 0 amide bonds. The average molecular weight is 212 g/mol. The van der Waals surface area contributed by atoms with Crippen molar-refractivity contribution in [3.63, 3.8) is 0 Å². The lowest BCUT2D eigenvalue weighted by molar-refractivity contribution is -0.671. The molecule has 1 heterocycles. The number of aryl methyl sites for hydroxylation is 1. The molecule has 0 radical (unpaired) electrons. The number of hydrogen-bond acceptors (Lipinski definition) is 1. The van der Waals surface area contributed by atoms with Crippen LogP contribution in [0.2, 0.25) is 0 Å². The molecule has 1 aromatic carbocycles. The zero-order valence-corrected chi connectivity index (χ0v) is 9.26. The number of ketones is 1. The van der Waals surface area contributed by atoms with Crippen LogP contribution >= 0.6 is 0 Å². The molecule has 0 N–H and O–H groups in total. The van der Waals surface area contributed by atoms with Gasteiger partial charge in [-0.1, -0.05) is 30.3 Å². The van der Waals surface area contributed by atoms with E-state index in [1.165, 1.54) is 0 Å². The van der Waals surface area contributed by atoms with Gasteiger partial charge in [-0.15, -0.1) is 0 Å². The van der Waals surface area contributed by atoms with Gasteiger partial charge in [0.05, 0.1) is 0 Å². The van der Waals surface area contributed by atoms with Crippen LogP contribution in [0.4, 0.5) is 0 Å². The summed E-state index contributed by atoms with van der Waals surface area (Å²) in [6, 6.07) is 13.5. The van der Waals surface area contributed by atoms with Crippen molar-refractivity contribution >= 4 is 5.78 Å². The number of aromatic nitrogens is 1. The highest BCUT2D eigenvalue weighted by Crippen LogP contribution is 2.05. The quantitative estimate of drug-likeness (QED) is 0.562. The Labute approximate surface area is 95.2 Å². The molecule has 0 saturated carbocycles. The van der Waals surface area contributed by atoms with Crippen LogP contribution < -0.4 is 4.57 Å². The van der Waals surface area contributed by atoms with Gasteiger partial charge in [-0.3, -0.25) is 4.79 Å². The zero-order chi connectivity index (χ0) is 11.4. The molecule has 2 rings (SSSR count). The molecule has 0 spiro atoms. The highest BCUT2D eigenvalue weighted by atomic mass is 16.1. The molecule has 16 heavy (non-hydrogen) atoms. The predicted molar refractivity (Wildman–Crippen MR) is 62.1 cm³/mol. The Hall–Kier alpha value is -1.96. The van der Waals surface area contributed by atoms with Gasteiger partial charge in [0.25, 0.3) is 0 Å². The molecule has 0 aliphatic rings. The summed E-state index contributed by atoms with van der Waals surface area (Å²) in [5.41, 5.74) is 1.82. The van der Waals surface area contributed by atoms with Crippen molar-refractivity contribution in [2.45, 2.75) is 6.42 Å². The van der Waals surface area contributed by atoms with Crippen molar-refractivity contribution in [1.82, 2.24) is 0 Å². The molecule has 2 nitrogen and oxygen atoms in total. The first-order chi connectivity index (χ1) is 7.75. The lowest BCUT2D eigenvalue weighted by atomic mass is 10.0. The van der Waals surface area contributed by atoms with Crippen LogP contribution in [0.3, 0.4) is 0 Å². The summed E-state index contributed by atoms with van der Waals surface area (Å²) in [7, 11) is 1.94. The molecule has 0 fully saturated rings. The first-order valence-corrected chi connectivity index (χ1v) is 5.28. The Morgan fingerprint density at radius 3 is 2.31 bits per heavy atom. The predicted octanol–water partition coefficient (Wildman–Crippen LogP) is 1.94. The van der Waals surface area contributed by atoms with Crippen molar-refractivity contribution in [3.05, 3.63) is 66.0 Å². The Balaban J connectivity index is 2.12. The number of Topliss-reactive ketones (excluding diaryl/α,β-unsaturated/α-hetero) is 1. The van der Waals surface area contributed by atoms with E-state index in [-0.39, 0.29) is 5.78 Å². The molecular formula is C14H14NO+. The fraction of sp³-hybridized carbons (Fsp3) is 0.143. The van der Waals surface area contributed by atoms with Crippen LogP contribution in [0, 0.1) is 0 Å². The van der Waals surface area contributed by atoms with Crippen LogP contribution in [-0.4, -0.2) is 5.78 Å². The average Bonchev–Trinajstić information content (AvgIpc) is 2.31. The van der Waals surface area contributed by atoms with E-state index in [0.717, 1.165) is 11.1 Å². The standard InChI is InChI=1S/C14H14NO/c1-15-9-7-13(8-10-15)14(16)11-12-5-3-2-4-6-12/h2-10H,11H2,1H3/q+1. The molecule has 0 atom stereocenters. The number of benzene rings is 1. The van der Waals surface area contributed by atoms with Crippen LogP contribution in [0.15, 0.2) is 54.9 Å². The van der Waals surface area contributed by atoms with E-state index in [9.17, 15) is 4.79 Å². The first kappa shape index (κ1) is 10.6. The van der Waals surface area contributed by atoms with E-state index < -0.39 is 0 Å². The highest BCUT2D eigenvalue weighted by Gasteiger charge is 2.07. The van der Waals surface area contributed by atoms with Crippen molar-refractivity contribution in [1.29, 1.82) is 0 Å². The van der Waals surface area contributed by atoms with Crippen molar-refractivity contribution in [2.75, 3.05) is 0 Å². The Morgan fingerprint density at radius 1 is 1.06 bits per heavy atom. The van der Waals surface area contributed by atoms with E-state index >= 15 is 0 Å². The molecule has 2 aromatic rings. The Morgan fingerprint density at radius 2 is 1.69 bits per heavy atom. The van der Waals surface area contributed by atoms with Gasteiger partial charge in [0.15, 0.2) is 18.2 Å². The SMILES string of the molecule is C[n+]1ccc(C(=O)Cc2ccccc2)cc1. The topological polar surface area (TPSA) is 20.9 Å². The second-order valence-electron chi connectivity index (χ2n) is 3.84. The zero-order valence-electron chi connectivity index (χ0n) is 9.26. The summed E-state index contributed by atoms with van der Waals surface area (Å²) < 4.78 is 1.92. The molecule has 80 valence electrons. The minimum Gasteiger partial charge on any atom is -0.294 e. The maximum atomic E-state index is 11.9. The molecule has 0 aliphatic heterocycles. The lowest BCUT2D eigenvalue weighted by Gasteiger charge is -2.00. The summed E-state index contributed by atoms with van der Waals surface area (Å²) in [5.74, 6) is 0.159. The summed E-state index contributed by atoms with van der Waals surface area (Å²) >= 11 is 0. The van der Waals surface area contributed by atoms with E-state index in [0.29, 0.717) is 6.42 Å². The van der Waals surface area contributed by atoms with Gasteiger partial charge in [-0.05, 0) is 5.56 Å². The number of carbonyl (C=O) groups excluding carboxylic acids is 1. The van der Waals surface area contributed by atoms with Crippen molar-refractivity contribution in [2.24, 2.45) is 7.05 Å². The molecule has 2 heteroatoms. The van der Waals surface area contributed by atoms with Crippen LogP contribution in [0.5, 0.6) is 0 Å². The Kier molecular flexibility index (Phi) is 3.10. The maximum Gasteiger partial charge on any atom is 0.169 e. The summed E-state index contributed by atoms with van der Waals surface area (Å²) in [6.45, 7) is 0. The number of pyridine rings is 1. The van der Waals surface area contributed by atoms with Gasteiger partial charge in [-0.25, -0.2) is 4.57 Å². The van der Waals surface area contributed by atoms with E-state index in [2.05, 4.69) is 0 Å². The third kappa shape index (κ3) is 2.54. The second-order valence-corrected chi connectivity index (χ2v) is 3.84. The van der Waals surface area contributed by atoms with Gasteiger partial charge in [-0.2, -0.15) is 0 Å². The maximum absolute atomic E-state index is 11.9. The van der Waals surface area contributed by atoms with Crippen molar-refractivity contribution < 1.29 is 9.36 Å². The molecule has 0 aliphatic carbocycles. The van der Waals surface area contributed by atoms with E-state index in [1.807, 2.05) is 66.5 Å². The van der Waals surface area contributed by atoms with Crippen LogP contribution in [-0.2, 0) is 13.5 Å². The minimum atomic E-state index is 0.159. The fourth-order valence-corrected chi connectivity index (χ4v) is 1.57. The molecule has 1 aromatic heterocycles. The van der Waals surface area contributed by atoms with Gasteiger partial charge < -0.3 is 0 Å². The monoisotopic (exact) mass is 212 g/mol. The first-order valence-electron chi connectivity index (χ1n) is 5.28. The van der Waals surface area contributed by atoms with Gasteiger partial charge >= 0.3 is 0 Å². The summed E-state index contributed by atoms with van der Waals surface area (Å²) in [5, 5.41) is 0. The second kappa shape index (κ2) is 4.71. The number of carbonyl (C=O) groups is 1. The van der Waals surface area contributed by atoms with E-state index in [1.54, 1.807) is 0 Å². The molecule has 0 bridgehead atoms. The number of hydrogen-bond donors (Lipinski definition) is 0. The van der Waals surface area contributed by atoms with Crippen molar-refractivity contribution in [3.8, 4) is 0 Å². The number of nitrogens with zero attached hydrogens (tertiary/aromatic N) is 1. The van der Waals surface area contributed by atoms with Gasteiger partial charge in [0.1, 0.15) is 7.05 Å². The van der Waals surface area contributed by atoms with Gasteiger partial charge in [0, 0.05) is 24.1 Å². The molecule has 0 unspecified atom stereocenters. The molecule has 0 saturated heterocycles. The largest absolute Gasteiger partial charge is 0.294 e. The van der Waals surface area contributed by atoms with Gasteiger partial charge in [0.2, 0.25) is 0 Å². The Bertz CT molecular complexity index is 474. The number of rotatable bonds is 3. The van der Waals surface area contributed by atoms with Crippen LogP contribution in [0.1, 0.15) is 15.9 Å². The van der Waals surface area contributed by atoms with Crippen LogP contribution in [0.25, 0.3) is 0 Å². The minimum absolute atomic E-state index is 0.159.